The van der Waals surface area contributed by atoms with Crippen LogP contribution >= 0.6 is 0 Å². The molecule has 0 amide bonds. The maximum Gasteiger partial charge on any atom is 0.232 e. The Morgan fingerprint density at radius 2 is 2.05 bits per heavy atom. The van der Waals surface area contributed by atoms with E-state index in [0.29, 0.717) is 18.1 Å². The van der Waals surface area contributed by atoms with Crippen LogP contribution in [0.3, 0.4) is 0 Å². The van der Waals surface area contributed by atoms with Gasteiger partial charge >= 0.3 is 0 Å². The molecule has 100 valence electrons. The third-order valence-electron chi connectivity index (χ3n) is 3.76. The minimum atomic E-state index is -0.326. The Balaban J connectivity index is 1.72. The van der Waals surface area contributed by atoms with Crippen molar-refractivity contribution >= 4 is 0 Å². The van der Waals surface area contributed by atoms with Crippen LogP contribution in [0.25, 0.3) is 0 Å². The Morgan fingerprint density at radius 1 is 1.26 bits per heavy atom. The predicted octanol–water partition coefficient (Wildman–Crippen LogP) is 2.60. The highest BCUT2D eigenvalue weighted by atomic mass is 16.5. The van der Waals surface area contributed by atoms with Crippen molar-refractivity contribution < 1.29 is 9.63 Å². The lowest BCUT2D eigenvalue weighted by Crippen LogP contribution is -2.11. The van der Waals surface area contributed by atoms with Gasteiger partial charge in [0, 0.05) is 6.42 Å². The summed E-state index contributed by atoms with van der Waals surface area (Å²) in [6, 6.07) is 8.32. The lowest BCUT2D eigenvalue weighted by atomic mass is 10.1. The van der Waals surface area contributed by atoms with Gasteiger partial charge in [-0.15, -0.1) is 0 Å². The van der Waals surface area contributed by atoms with Crippen LogP contribution in [-0.4, -0.2) is 21.4 Å². The van der Waals surface area contributed by atoms with Crippen molar-refractivity contribution in [3.05, 3.63) is 47.1 Å². The van der Waals surface area contributed by atoms with E-state index >= 15 is 0 Å². The van der Waals surface area contributed by atoms with E-state index in [1.165, 1.54) is 11.1 Å². The van der Waals surface area contributed by atoms with Gasteiger partial charge in [-0.2, -0.15) is 4.98 Å². The summed E-state index contributed by atoms with van der Waals surface area (Å²) in [7, 11) is 0. The topological polar surface area (TPSA) is 59.2 Å². The second-order valence-corrected chi connectivity index (χ2v) is 5.32. The molecular weight excluding hydrogens is 240 g/mol. The molecule has 0 saturated heterocycles. The fourth-order valence-corrected chi connectivity index (χ4v) is 2.61. The number of aryl methyl sites for hydroxylation is 1. The van der Waals surface area contributed by atoms with Crippen molar-refractivity contribution in [1.29, 1.82) is 0 Å². The Kier molecular flexibility index (Phi) is 3.34. The first kappa shape index (κ1) is 12.4. The van der Waals surface area contributed by atoms with Crippen molar-refractivity contribution in [2.45, 2.75) is 44.6 Å². The number of aliphatic hydroxyl groups is 1. The van der Waals surface area contributed by atoms with Gasteiger partial charge in [0.2, 0.25) is 5.89 Å². The normalized spacial score (nSPS) is 22.8. The van der Waals surface area contributed by atoms with Crippen LogP contribution in [0.5, 0.6) is 0 Å². The van der Waals surface area contributed by atoms with Crippen molar-refractivity contribution in [3.63, 3.8) is 0 Å². The summed E-state index contributed by atoms with van der Waals surface area (Å²) in [6.07, 6.45) is 3.15. The zero-order valence-corrected chi connectivity index (χ0v) is 11.0. The summed E-state index contributed by atoms with van der Waals surface area (Å²) >= 11 is 0. The van der Waals surface area contributed by atoms with Crippen molar-refractivity contribution in [1.82, 2.24) is 10.1 Å². The fraction of sp³-hybridized carbons (Fsp3) is 0.467. The maximum atomic E-state index is 9.84. The van der Waals surface area contributed by atoms with Crippen LogP contribution < -0.4 is 0 Å². The standard InChI is InChI=1S/C15H18N2O2/c1-10-5-7-11(8-6-10)9-14-16-15(19-17-14)12-3-2-4-13(12)18/h5-8,12-13,18H,2-4,9H2,1H3. The van der Waals surface area contributed by atoms with Crippen LogP contribution in [0.15, 0.2) is 28.8 Å². The average Bonchev–Trinajstić information content (AvgIpc) is 3.01. The quantitative estimate of drug-likeness (QED) is 0.919. The van der Waals surface area contributed by atoms with Crippen LogP contribution in [0.2, 0.25) is 0 Å². The van der Waals surface area contributed by atoms with Gasteiger partial charge in [-0.1, -0.05) is 35.0 Å². The van der Waals surface area contributed by atoms with Crippen LogP contribution in [-0.2, 0) is 6.42 Å². The molecule has 0 spiro atoms. The molecule has 1 heterocycles. The van der Waals surface area contributed by atoms with E-state index in [9.17, 15) is 5.11 Å². The van der Waals surface area contributed by atoms with Gasteiger partial charge in [-0.25, -0.2) is 0 Å². The smallest absolute Gasteiger partial charge is 0.232 e. The van der Waals surface area contributed by atoms with Crippen molar-refractivity contribution in [2.75, 3.05) is 0 Å². The fourth-order valence-electron chi connectivity index (χ4n) is 2.61. The number of aromatic nitrogens is 2. The first-order chi connectivity index (χ1) is 9.22. The number of hydrogen-bond acceptors (Lipinski definition) is 4. The Hall–Kier alpha value is -1.68. The molecule has 1 aromatic heterocycles. The summed E-state index contributed by atoms with van der Waals surface area (Å²) in [4.78, 5) is 4.42. The van der Waals surface area contributed by atoms with E-state index in [1.54, 1.807) is 0 Å². The zero-order chi connectivity index (χ0) is 13.2. The van der Waals surface area contributed by atoms with E-state index in [1.807, 2.05) is 0 Å². The molecular formula is C15H18N2O2. The van der Waals surface area contributed by atoms with Gasteiger partial charge in [0.1, 0.15) is 0 Å². The molecule has 1 aliphatic carbocycles. The molecule has 0 bridgehead atoms. The highest BCUT2D eigenvalue weighted by molar-refractivity contribution is 5.23. The molecule has 2 unspecified atom stereocenters. The molecule has 2 aromatic rings. The van der Waals surface area contributed by atoms with Crippen LogP contribution in [0.4, 0.5) is 0 Å². The highest BCUT2D eigenvalue weighted by Crippen LogP contribution is 2.33. The zero-order valence-electron chi connectivity index (χ0n) is 11.0. The third-order valence-corrected chi connectivity index (χ3v) is 3.76. The van der Waals surface area contributed by atoms with Gasteiger partial charge in [0.25, 0.3) is 0 Å². The van der Waals surface area contributed by atoms with Crippen LogP contribution in [0.1, 0.15) is 48.0 Å². The lowest BCUT2D eigenvalue weighted by molar-refractivity contribution is 0.148. The molecule has 4 nitrogen and oxygen atoms in total. The largest absolute Gasteiger partial charge is 0.392 e. The summed E-state index contributed by atoms with van der Waals surface area (Å²) < 4.78 is 5.29. The maximum absolute atomic E-state index is 9.84. The molecule has 1 saturated carbocycles. The predicted molar refractivity (Wildman–Crippen MR) is 70.9 cm³/mol. The van der Waals surface area contributed by atoms with E-state index in [4.69, 9.17) is 4.52 Å². The number of rotatable bonds is 3. The van der Waals surface area contributed by atoms with E-state index < -0.39 is 0 Å². The summed E-state index contributed by atoms with van der Waals surface area (Å²) in [5.74, 6) is 1.31. The minimum absolute atomic E-state index is 0.0271. The Labute approximate surface area is 112 Å². The summed E-state index contributed by atoms with van der Waals surface area (Å²) in [5, 5.41) is 13.9. The highest BCUT2D eigenvalue weighted by Gasteiger charge is 2.31. The Morgan fingerprint density at radius 3 is 2.74 bits per heavy atom. The number of aliphatic hydroxyl groups excluding tert-OH is 1. The first-order valence-electron chi connectivity index (χ1n) is 6.78. The molecule has 0 radical (unpaired) electrons. The van der Waals surface area contributed by atoms with Gasteiger partial charge in [-0.05, 0) is 31.7 Å². The Bertz CT molecular complexity index is 548. The van der Waals surface area contributed by atoms with E-state index in [2.05, 4.69) is 41.3 Å². The molecule has 1 N–H and O–H groups in total. The first-order valence-corrected chi connectivity index (χ1v) is 6.78. The molecule has 3 rings (SSSR count). The third kappa shape index (κ3) is 2.68. The lowest BCUT2D eigenvalue weighted by Gasteiger charge is -2.07. The molecule has 19 heavy (non-hydrogen) atoms. The summed E-state index contributed by atoms with van der Waals surface area (Å²) in [6.45, 7) is 2.07. The van der Waals surface area contributed by atoms with Crippen molar-refractivity contribution in [3.8, 4) is 0 Å². The second-order valence-electron chi connectivity index (χ2n) is 5.32. The SMILES string of the molecule is Cc1ccc(Cc2noc(C3CCCC3O)n2)cc1. The van der Waals surface area contributed by atoms with Gasteiger partial charge < -0.3 is 9.63 Å². The number of benzene rings is 1. The minimum Gasteiger partial charge on any atom is -0.392 e. The molecule has 1 aliphatic rings. The van der Waals surface area contributed by atoms with Crippen LogP contribution in [0, 0.1) is 6.92 Å². The molecule has 4 heteroatoms. The number of nitrogens with zero attached hydrogens (tertiary/aromatic N) is 2. The monoisotopic (exact) mass is 258 g/mol. The van der Waals surface area contributed by atoms with E-state index in [0.717, 1.165) is 19.3 Å². The average molecular weight is 258 g/mol. The summed E-state index contributed by atoms with van der Waals surface area (Å²) in [5.41, 5.74) is 2.41. The number of hydrogen-bond donors (Lipinski definition) is 1. The molecule has 0 aliphatic heterocycles. The van der Waals surface area contributed by atoms with Gasteiger partial charge in [-0.3, -0.25) is 0 Å². The molecule has 1 fully saturated rings. The van der Waals surface area contributed by atoms with Gasteiger partial charge in [0.15, 0.2) is 5.82 Å². The van der Waals surface area contributed by atoms with E-state index in [-0.39, 0.29) is 12.0 Å². The van der Waals surface area contributed by atoms with Gasteiger partial charge in [0.05, 0.1) is 12.0 Å². The second kappa shape index (κ2) is 5.13. The van der Waals surface area contributed by atoms with Crippen molar-refractivity contribution in [2.24, 2.45) is 0 Å². The molecule has 2 atom stereocenters. The molecule has 1 aromatic carbocycles.